The van der Waals surface area contributed by atoms with Crippen LogP contribution >= 0.6 is 0 Å². The fourth-order valence-electron chi connectivity index (χ4n) is 3.49. The summed E-state index contributed by atoms with van der Waals surface area (Å²) in [5, 5.41) is 2.66. The normalized spacial score (nSPS) is 18.8. The van der Waals surface area contributed by atoms with Crippen molar-refractivity contribution in [1.29, 1.82) is 0 Å². The lowest BCUT2D eigenvalue weighted by Crippen LogP contribution is -2.35. The Balaban J connectivity index is 1.84. The topological polar surface area (TPSA) is 84.7 Å². The number of benzene rings is 2. The molecule has 0 aliphatic carbocycles. The Bertz CT molecular complexity index is 870. The minimum Gasteiger partial charge on any atom is -0.497 e. The van der Waals surface area contributed by atoms with Gasteiger partial charge >= 0.3 is 0 Å². The number of amides is 2. The van der Waals surface area contributed by atoms with Crippen LogP contribution in [0.3, 0.4) is 0 Å². The van der Waals surface area contributed by atoms with Gasteiger partial charge in [-0.15, -0.1) is 0 Å². The van der Waals surface area contributed by atoms with Crippen LogP contribution in [0, 0.1) is 11.7 Å². The third-order valence-electron chi connectivity index (χ3n) is 5.07. The number of halogens is 1. The Morgan fingerprint density at radius 1 is 1.25 bits per heavy atom. The van der Waals surface area contributed by atoms with E-state index >= 15 is 0 Å². The molecule has 0 radical (unpaired) electrons. The van der Waals surface area contributed by atoms with Gasteiger partial charge in [0.25, 0.3) is 11.8 Å². The van der Waals surface area contributed by atoms with Gasteiger partial charge in [-0.05, 0) is 68.3 Å². The molecule has 0 bridgehead atoms. The van der Waals surface area contributed by atoms with Crippen molar-refractivity contribution in [3.05, 3.63) is 59.4 Å². The maximum atomic E-state index is 13.8. The molecule has 2 unspecified atom stereocenters. The van der Waals surface area contributed by atoms with Crippen molar-refractivity contribution in [3.63, 3.8) is 0 Å². The van der Waals surface area contributed by atoms with Crippen LogP contribution in [0.25, 0.3) is 0 Å². The van der Waals surface area contributed by atoms with E-state index in [0.717, 1.165) is 12.5 Å². The summed E-state index contributed by atoms with van der Waals surface area (Å²) >= 11 is 0. The number of ether oxygens (including phenoxy) is 1. The molecular weight excluding hydrogens is 361 g/mol. The van der Waals surface area contributed by atoms with Crippen molar-refractivity contribution in [3.8, 4) is 5.75 Å². The molecule has 2 amide bonds. The molecule has 1 aliphatic rings. The molecule has 1 heterocycles. The summed E-state index contributed by atoms with van der Waals surface area (Å²) in [6.45, 7) is 3.03. The smallest absolute Gasteiger partial charge is 0.256 e. The van der Waals surface area contributed by atoms with E-state index in [1.165, 1.54) is 19.2 Å². The van der Waals surface area contributed by atoms with Crippen LogP contribution < -0.4 is 15.8 Å². The highest BCUT2D eigenvalue weighted by atomic mass is 19.1. The molecular formula is C21H24FN3O3. The fraction of sp³-hybridized carbons (Fsp3) is 0.333. The molecule has 7 heteroatoms. The third kappa shape index (κ3) is 4.14. The van der Waals surface area contributed by atoms with Crippen LogP contribution in [0.1, 0.15) is 34.1 Å². The third-order valence-corrected chi connectivity index (χ3v) is 5.07. The van der Waals surface area contributed by atoms with Crippen molar-refractivity contribution in [2.75, 3.05) is 25.5 Å². The average molecular weight is 385 g/mol. The second-order valence-corrected chi connectivity index (χ2v) is 7.02. The maximum Gasteiger partial charge on any atom is 0.256 e. The number of nitrogens with two attached hydrogens (primary N) is 1. The number of nitrogens with one attached hydrogen (secondary N) is 1. The summed E-state index contributed by atoms with van der Waals surface area (Å²) in [6, 6.07) is 10.3. The first-order chi connectivity index (χ1) is 13.4. The molecule has 2 aromatic carbocycles. The van der Waals surface area contributed by atoms with Crippen molar-refractivity contribution in [1.82, 2.24) is 4.90 Å². The van der Waals surface area contributed by atoms with E-state index in [-0.39, 0.29) is 29.1 Å². The van der Waals surface area contributed by atoms with E-state index in [4.69, 9.17) is 10.5 Å². The summed E-state index contributed by atoms with van der Waals surface area (Å²) in [5.41, 5.74) is 6.53. The van der Waals surface area contributed by atoms with Gasteiger partial charge < -0.3 is 20.7 Å². The Labute approximate surface area is 163 Å². The van der Waals surface area contributed by atoms with E-state index < -0.39 is 11.7 Å². The number of nitrogens with zero attached hydrogens (tertiary/aromatic N) is 1. The highest BCUT2D eigenvalue weighted by Gasteiger charge is 2.33. The zero-order valence-corrected chi connectivity index (χ0v) is 15.9. The van der Waals surface area contributed by atoms with Gasteiger partial charge in [0.2, 0.25) is 0 Å². The van der Waals surface area contributed by atoms with Crippen LogP contribution in [-0.2, 0) is 0 Å². The lowest BCUT2D eigenvalue weighted by Gasteiger charge is -2.23. The first-order valence-corrected chi connectivity index (χ1v) is 9.19. The first kappa shape index (κ1) is 19.8. The quantitative estimate of drug-likeness (QED) is 0.829. The van der Waals surface area contributed by atoms with Gasteiger partial charge in [-0.2, -0.15) is 0 Å². The molecule has 1 fully saturated rings. The Hall–Kier alpha value is -2.93. The Morgan fingerprint density at radius 2 is 1.96 bits per heavy atom. The Morgan fingerprint density at radius 3 is 2.57 bits per heavy atom. The molecule has 1 aliphatic heterocycles. The standard InChI is InChI=1S/C21H24FN3O3/c1-13-9-14(11-23)12-25(13)21(27)18-8-5-16(22)10-19(18)24-20(26)15-3-6-17(28-2)7-4-15/h3-8,10,13-14H,9,11-12,23H2,1-2H3,(H,24,26). The number of hydrogen-bond acceptors (Lipinski definition) is 4. The van der Waals surface area contributed by atoms with Gasteiger partial charge in [0.1, 0.15) is 11.6 Å². The van der Waals surface area contributed by atoms with E-state index in [2.05, 4.69) is 5.32 Å². The fourth-order valence-corrected chi connectivity index (χ4v) is 3.49. The van der Waals surface area contributed by atoms with E-state index in [1.807, 2.05) is 6.92 Å². The van der Waals surface area contributed by atoms with Gasteiger partial charge in [-0.1, -0.05) is 0 Å². The summed E-state index contributed by atoms with van der Waals surface area (Å²) in [4.78, 5) is 27.3. The van der Waals surface area contributed by atoms with Gasteiger partial charge in [-0.25, -0.2) is 4.39 Å². The van der Waals surface area contributed by atoms with Crippen molar-refractivity contribution >= 4 is 17.5 Å². The number of hydrogen-bond donors (Lipinski definition) is 2. The molecule has 28 heavy (non-hydrogen) atoms. The number of anilines is 1. The second-order valence-electron chi connectivity index (χ2n) is 7.02. The molecule has 3 N–H and O–H groups in total. The lowest BCUT2D eigenvalue weighted by molar-refractivity contribution is 0.0744. The number of carbonyl (C=O) groups is 2. The van der Waals surface area contributed by atoms with Gasteiger partial charge in [-0.3, -0.25) is 9.59 Å². The molecule has 2 aromatic rings. The molecule has 0 aromatic heterocycles. The van der Waals surface area contributed by atoms with Crippen LogP contribution in [-0.4, -0.2) is 43.0 Å². The van der Waals surface area contributed by atoms with Gasteiger partial charge in [0.05, 0.1) is 18.4 Å². The predicted molar refractivity (Wildman–Crippen MR) is 105 cm³/mol. The summed E-state index contributed by atoms with van der Waals surface area (Å²) in [7, 11) is 1.54. The first-order valence-electron chi connectivity index (χ1n) is 9.19. The van der Waals surface area contributed by atoms with Gasteiger partial charge in [0, 0.05) is 18.2 Å². The SMILES string of the molecule is COc1ccc(C(=O)Nc2cc(F)ccc2C(=O)N2CC(CN)CC2C)cc1. The Kier molecular flexibility index (Phi) is 5.94. The summed E-state index contributed by atoms with van der Waals surface area (Å²) < 4.78 is 18.9. The summed E-state index contributed by atoms with van der Waals surface area (Å²) in [5.74, 6) is -0.339. The number of methoxy groups -OCH3 is 1. The van der Waals surface area contributed by atoms with Gasteiger partial charge in [0.15, 0.2) is 0 Å². The summed E-state index contributed by atoms with van der Waals surface area (Å²) in [6.07, 6.45) is 0.830. The van der Waals surface area contributed by atoms with Crippen LogP contribution in [0.15, 0.2) is 42.5 Å². The minimum absolute atomic E-state index is 0.0382. The van der Waals surface area contributed by atoms with Crippen molar-refractivity contribution < 1.29 is 18.7 Å². The van der Waals surface area contributed by atoms with E-state index in [9.17, 15) is 14.0 Å². The van der Waals surface area contributed by atoms with Crippen molar-refractivity contribution in [2.24, 2.45) is 11.7 Å². The zero-order chi connectivity index (χ0) is 20.3. The molecule has 0 saturated carbocycles. The van der Waals surface area contributed by atoms with E-state index in [0.29, 0.717) is 24.4 Å². The van der Waals surface area contributed by atoms with Crippen LogP contribution in [0.4, 0.5) is 10.1 Å². The maximum absolute atomic E-state index is 13.8. The number of carbonyl (C=O) groups excluding carboxylic acids is 2. The predicted octanol–water partition coefficient (Wildman–Crippen LogP) is 2.90. The molecule has 2 atom stereocenters. The molecule has 148 valence electrons. The van der Waals surface area contributed by atoms with Crippen LogP contribution in [0.5, 0.6) is 5.75 Å². The zero-order valence-electron chi connectivity index (χ0n) is 15.9. The molecule has 6 nitrogen and oxygen atoms in total. The monoisotopic (exact) mass is 385 g/mol. The van der Waals surface area contributed by atoms with Crippen LogP contribution in [0.2, 0.25) is 0 Å². The molecule has 0 spiro atoms. The molecule has 3 rings (SSSR count). The van der Waals surface area contributed by atoms with E-state index in [1.54, 1.807) is 29.2 Å². The minimum atomic E-state index is -0.532. The highest BCUT2D eigenvalue weighted by molar-refractivity contribution is 6.09. The highest BCUT2D eigenvalue weighted by Crippen LogP contribution is 2.27. The molecule has 1 saturated heterocycles. The van der Waals surface area contributed by atoms with Crippen molar-refractivity contribution in [2.45, 2.75) is 19.4 Å². The second kappa shape index (κ2) is 8.39. The largest absolute Gasteiger partial charge is 0.497 e. The lowest BCUT2D eigenvalue weighted by atomic mass is 10.1. The number of rotatable bonds is 5. The average Bonchev–Trinajstić information content (AvgIpc) is 3.08. The number of likely N-dealkylation sites (tertiary alicyclic amines) is 1.